The predicted octanol–water partition coefficient (Wildman–Crippen LogP) is 1.84. The third-order valence-corrected chi connectivity index (χ3v) is 1.91. The van der Waals surface area contributed by atoms with Gasteiger partial charge in [0.15, 0.2) is 11.4 Å². The standard InChI is InChI=1S/C10H7NO3/c1-6(13)7-3-2-4-8-10(7)14-9(5-12)11-8/h2-5H,1H3. The van der Waals surface area contributed by atoms with Crippen molar-refractivity contribution in [2.45, 2.75) is 6.92 Å². The maximum absolute atomic E-state index is 11.2. The summed E-state index contributed by atoms with van der Waals surface area (Å²) in [6, 6.07) is 5.04. The van der Waals surface area contributed by atoms with Gasteiger partial charge in [-0.25, -0.2) is 4.98 Å². The number of carbonyl (C=O) groups is 2. The van der Waals surface area contributed by atoms with E-state index in [9.17, 15) is 9.59 Å². The number of ketones is 1. The van der Waals surface area contributed by atoms with Gasteiger partial charge in [0.05, 0.1) is 5.56 Å². The summed E-state index contributed by atoms with van der Waals surface area (Å²) in [6.07, 6.45) is 0.518. The van der Waals surface area contributed by atoms with Gasteiger partial charge in [0.2, 0.25) is 6.29 Å². The zero-order valence-electron chi connectivity index (χ0n) is 7.48. The maximum atomic E-state index is 11.2. The fourth-order valence-corrected chi connectivity index (χ4v) is 1.29. The van der Waals surface area contributed by atoms with Crippen molar-refractivity contribution in [3.05, 3.63) is 29.7 Å². The predicted molar refractivity (Wildman–Crippen MR) is 49.4 cm³/mol. The first kappa shape index (κ1) is 8.62. The van der Waals surface area contributed by atoms with Gasteiger partial charge in [0, 0.05) is 0 Å². The number of fused-ring (bicyclic) bond motifs is 1. The SMILES string of the molecule is CC(=O)c1cccc2nc(C=O)oc12. The molecular formula is C10H7NO3. The van der Waals surface area contributed by atoms with E-state index in [1.54, 1.807) is 18.2 Å². The number of Topliss-reactive ketones (excluding diaryl/α,β-unsaturated/α-hetero) is 1. The number of aromatic nitrogens is 1. The van der Waals surface area contributed by atoms with Gasteiger partial charge >= 0.3 is 0 Å². The Kier molecular flexibility index (Phi) is 1.89. The van der Waals surface area contributed by atoms with Crippen LogP contribution in [0.15, 0.2) is 22.6 Å². The molecule has 4 heteroatoms. The Balaban J connectivity index is 2.79. The molecule has 0 amide bonds. The van der Waals surface area contributed by atoms with Crippen LogP contribution in [0.3, 0.4) is 0 Å². The molecule has 4 nitrogen and oxygen atoms in total. The molecule has 0 aliphatic carbocycles. The number of benzene rings is 1. The summed E-state index contributed by atoms with van der Waals surface area (Å²) >= 11 is 0. The van der Waals surface area contributed by atoms with Gasteiger partial charge in [0.1, 0.15) is 5.52 Å². The molecule has 0 saturated heterocycles. The molecular weight excluding hydrogens is 182 g/mol. The Bertz CT molecular complexity index is 513. The number of para-hydroxylation sites is 1. The third kappa shape index (κ3) is 1.21. The molecule has 0 bridgehead atoms. The first-order valence-corrected chi connectivity index (χ1v) is 4.08. The molecule has 0 fully saturated rings. The van der Waals surface area contributed by atoms with Crippen LogP contribution >= 0.6 is 0 Å². The quantitative estimate of drug-likeness (QED) is 0.534. The van der Waals surface area contributed by atoms with Gasteiger partial charge in [-0.05, 0) is 19.1 Å². The Morgan fingerprint density at radius 3 is 2.93 bits per heavy atom. The fourth-order valence-electron chi connectivity index (χ4n) is 1.29. The first-order chi connectivity index (χ1) is 6.72. The molecule has 14 heavy (non-hydrogen) atoms. The van der Waals surface area contributed by atoms with Crippen LogP contribution < -0.4 is 0 Å². The summed E-state index contributed by atoms with van der Waals surface area (Å²) in [7, 11) is 0. The van der Waals surface area contributed by atoms with E-state index in [4.69, 9.17) is 4.42 Å². The monoisotopic (exact) mass is 189 g/mol. The molecule has 1 aromatic heterocycles. The lowest BCUT2D eigenvalue weighted by molar-refractivity contribution is 0.101. The highest BCUT2D eigenvalue weighted by Gasteiger charge is 2.11. The zero-order chi connectivity index (χ0) is 10.1. The third-order valence-electron chi connectivity index (χ3n) is 1.91. The average Bonchev–Trinajstić information content (AvgIpc) is 2.59. The van der Waals surface area contributed by atoms with Crippen molar-refractivity contribution < 1.29 is 14.0 Å². The van der Waals surface area contributed by atoms with E-state index in [1.807, 2.05) is 0 Å². The van der Waals surface area contributed by atoms with Crippen molar-refractivity contribution in [1.29, 1.82) is 0 Å². The number of aldehydes is 1. The molecule has 0 spiro atoms. The van der Waals surface area contributed by atoms with Crippen LogP contribution in [0.5, 0.6) is 0 Å². The highest BCUT2D eigenvalue weighted by Crippen LogP contribution is 2.19. The van der Waals surface area contributed by atoms with Crippen molar-refractivity contribution in [2.24, 2.45) is 0 Å². The molecule has 0 aliphatic heterocycles. The number of nitrogens with zero attached hydrogens (tertiary/aromatic N) is 1. The summed E-state index contributed by atoms with van der Waals surface area (Å²) in [5.41, 5.74) is 1.35. The molecule has 1 aromatic carbocycles. The zero-order valence-corrected chi connectivity index (χ0v) is 7.48. The normalized spacial score (nSPS) is 10.4. The molecule has 0 atom stereocenters. The fraction of sp³-hybridized carbons (Fsp3) is 0.100. The second-order valence-corrected chi connectivity index (χ2v) is 2.88. The van der Waals surface area contributed by atoms with E-state index in [-0.39, 0.29) is 11.7 Å². The number of rotatable bonds is 2. The van der Waals surface area contributed by atoms with Crippen molar-refractivity contribution in [3.63, 3.8) is 0 Å². The van der Waals surface area contributed by atoms with Gasteiger partial charge in [-0.1, -0.05) is 6.07 Å². The van der Waals surface area contributed by atoms with Crippen LogP contribution in [0, 0.1) is 0 Å². The van der Waals surface area contributed by atoms with Crippen molar-refractivity contribution in [2.75, 3.05) is 0 Å². The molecule has 70 valence electrons. The van der Waals surface area contributed by atoms with Crippen LogP contribution in [-0.4, -0.2) is 17.1 Å². The van der Waals surface area contributed by atoms with E-state index in [2.05, 4.69) is 4.98 Å². The van der Waals surface area contributed by atoms with Crippen molar-refractivity contribution >= 4 is 23.2 Å². The Labute approximate surface area is 79.5 Å². The van der Waals surface area contributed by atoms with E-state index in [1.165, 1.54) is 6.92 Å². The van der Waals surface area contributed by atoms with Gasteiger partial charge in [-0.15, -0.1) is 0 Å². The molecule has 0 saturated carbocycles. The van der Waals surface area contributed by atoms with Crippen LogP contribution in [0.4, 0.5) is 0 Å². The highest BCUT2D eigenvalue weighted by atomic mass is 16.4. The summed E-state index contributed by atoms with van der Waals surface area (Å²) < 4.78 is 5.11. The van der Waals surface area contributed by atoms with Crippen molar-refractivity contribution in [1.82, 2.24) is 4.98 Å². The average molecular weight is 189 g/mol. The number of hydrogen-bond acceptors (Lipinski definition) is 4. The first-order valence-electron chi connectivity index (χ1n) is 4.08. The minimum atomic E-state index is -0.107. The van der Waals surface area contributed by atoms with E-state index in [0.717, 1.165) is 0 Å². The minimum Gasteiger partial charge on any atom is -0.433 e. The largest absolute Gasteiger partial charge is 0.433 e. The van der Waals surface area contributed by atoms with Gasteiger partial charge in [0.25, 0.3) is 5.89 Å². The summed E-state index contributed by atoms with van der Waals surface area (Å²) in [6.45, 7) is 1.44. The lowest BCUT2D eigenvalue weighted by Crippen LogP contribution is -1.91. The summed E-state index contributed by atoms with van der Waals surface area (Å²) in [4.78, 5) is 25.5. The summed E-state index contributed by atoms with van der Waals surface area (Å²) in [5, 5.41) is 0. The topological polar surface area (TPSA) is 60.2 Å². The van der Waals surface area contributed by atoms with Crippen LogP contribution in [0.2, 0.25) is 0 Å². The smallest absolute Gasteiger partial charge is 0.260 e. The minimum absolute atomic E-state index is 0.00583. The molecule has 1 heterocycles. The number of carbonyl (C=O) groups excluding carboxylic acids is 2. The second-order valence-electron chi connectivity index (χ2n) is 2.88. The van der Waals surface area contributed by atoms with E-state index >= 15 is 0 Å². The van der Waals surface area contributed by atoms with Crippen LogP contribution in [0.1, 0.15) is 28.0 Å². The van der Waals surface area contributed by atoms with Crippen molar-refractivity contribution in [3.8, 4) is 0 Å². The molecule has 0 radical (unpaired) electrons. The number of hydrogen-bond donors (Lipinski definition) is 0. The van der Waals surface area contributed by atoms with Gasteiger partial charge in [-0.3, -0.25) is 9.59 Å². The Morgan fingerprint density at radius 2 is 2.29 bits per heavy atom. The Morgan fingerprint density at radius 1 is 1.50 bits per heavy atom. The lowest BCUT2D eigenvalue weighted by atomic mass is 10.1. The lowest BCUT2D eigenvalue weighted by Gasteiger charge is -1.93. The second kappa shape index (κ2) is 3.06. The number of oxazole rings is 1. The van der Waals surface area contributed by atoms with Crippen LogP contribution in [0.25, 0.3) is 11.1 Å². The van der Waals surface area contributed by atoms with Crippen LogP contribution in [-0.2, 0) is 0 Å². The van der Waals surface area contributed by atoms with E-state index < -0.39 is 0 Å². The molecule has 0 unspecified atom stereocenters. The van der Waals surface area contributed by atoms with Gasteiger partial charge in [-0.2, -0.15) is 0 Å². The summed E-state index contributed by atoms with van der Waals surface area (Å²) in [5.74, 6) is -0.113. The molecule has 2 rings (SSSR count). The molecule has 0 aliphatic rings. The highest BCUT2D eigenvalue weighted by molar-refractivity contribution is 6.04. The Hall–Kier alpha value is -1.97. The molecule has 2 aromatic rings. The molecule has 0 N–H and O–H groups in total. The van der Waals surface area contributed by atoms with E-state index in [0.29, 0.717) is 22.9 Å². The maximum Gasteiger partial charge on any atom is 0.260 e. The van der Waals surface area contributed by atoms with Gasteiger partial charge < -0.3 is 4.42 Å².